The molecule has 0 saturated carbocycles. The van der Waals surface area contributed by atoms with Crippen molar-refractivity contribution in [2.75, 3.05) is 6.61 Å². The smallest absolute Gasteiger partial charge is 0.119 e. The zero-order valence-electron chi connectivity index (χ0n) is 10.6. The van der Waals surface area contributed by atoms with E-state index in [0.29, 0.717) is 13.0 Å². The summed E-state index contributed by atoms with van der Waals surface area (Å²) in [6, 6.07) is 5.88. The lowest BCUT2D eigenvalue weighted by Crippen LogP contribution is -2.13. The first-order chi connectivity index (χ1) is 8.70. The molecule has 0 bridgehead atoms. The summed E-state index contributed by atoms with van der Waals surface area (Å²) in [6.07, 6.45) is 3.10. The summed E-state index contributed by atoms with van der Waals surface area (Å²) in [7, 11) is 0. The van der Waals surface area contributed by atoms with E-state index in [1.807, 2.05) is 18.2 Å². The van der Waals surface area contributed by atoms with Gasteiger partial charge in [-0.3, -0.25) is 0 Å². The standard InChI is InChI=1S/C14H19NO3/c1-10(16)7-8-18-12-6-5-11-3-2-4-14(15-17)13(11)9-12/h5-6,9-10,16-17H,2-4,7-8H2,1H3/b15-14-. The van der Waals surface area contributed by atoms with E-state index in [1.54, 1.807) is 6.92 Å². The highest BCUT2D eigenvalue weighted by molar-refractivity contribution is 6.02. The van der Waals surface area contributed by atoms with E-state index in [4.69, 9.17) is 9.94 Å². The Morgan fingerprint density at radius 1 is 1.39 bits per heavy atom. The minimum Gasteiger partial charge on any atom is -0.493 e. The van der Waals surface area contributed by atoms with Crippen molar-refractivity contribution in [3.05, 3.63) is 29.3 Å². The van der Waals surface area contributed by atoms with E-state index in [1.165, 1.54) is 5.56 Å². The van der Waals surface area contributed by atoms with Crippen LogP contribution in [0, 0.1) is 0 Å². The molecule has 1 atom stereocenters. The first-order valence-electron chi connectivity index (χ1n) is 6.36. The van der Waals surface area contributed by atoms with Crippen LogP contribution in [0.3, 0.4) is 0 Å². The van der Waals surface area contributed by atoms with E-state index in [2.05, 4.69) is 5.16 Å². The van der Waals surface area contributed by atoms with Crippen molar-refractivity contribution in [2.45, 2.75) is 38.7 Å². The Balaban J connectivity index is 2.10. The van der Waals surface area contributed by atoms with Gasteiger partial charge in [0.05, 0.1) is 18.4 Å². The Morgan fingerprint density at radius 3 is 2.94 bits per heavy atom. The number of benzene rings is 1. The Morgan fingerprint density at radius 2 is 2.22 bits per heavy atom. The fourth-order valence-electron chi connectivity index (χ4n) is 2.16. The van der Waals surface area contributed by atoms with E-state index in [9.17, 15) is 5.11 Å². The molecule has 2 rings (SSSR count). The van der Waals surface area contributed by atoms with Crippen molar-refractivity contribution in [1.82, 2.24) is 0 Å². The summed E-state index contributed by atoms with van der Waals surface area (Å²) in [6.45, 7) is 2.23. The number of aliphatic hydroxyl groups excluding tert-OH is 1. The molecule has 4 nitrogen and oxygen atoms in total. The van der Waals surface area contributed by atoms with Gasteiger partial charge in [0.1, 0.15) is 5.75 Å². The second-order valence-electron chi connectivity index (χ2n) is 4.71. The normalized spacial score (nSPS) is 18.4. The highest BCUT2D eigenvalue weighted by Crippen LogP contribution is 2.26. The molecule has 0 aromatic heterocycles. The second-order valence-corrected chi connectivity index (χ2v) is 4.71. The monoisotopic (exact) mass is 249 g/mol. The molecule has 0 aliphatic heterocycles. The predicted octanol–water partition coefficient (Wildman–Crippen LogP) is 2.35. The van der Waals surface area contributed by atoms with Gasteiger partial charge in [-0.05, 0) is 43.9 Å². The molecule has 1 unspecified atom stereocenters. The van der Waals surface area contributed by atoms with Gasteiger partial charge in [0.2, 0.25) is 0 Å². The summed E-state index contributed by atoms with van der Waals surface area (Å²) in [5.41, 5.74) is 2.92. The second kappa shape index (κ2) is 5.87. The minimum atomic E-state index is -0.350. The molecule has 0 heterocycles. The molecule has 1 aromatic rings. The summed E-state index contributed by atoms with van der Waals surface area (Å²) in [5.74, 6) is 0.762. The van der Waals surface area contributed by atoms with Crippen molar-refractivity contribution < 1.29 is 15.1 Å². The maximum absolute atomic E-state index is 9.17. The number of hydrogen-bond acceptors (Lipinski definition) is 4. The van der Waals surface area contributed by atoms with Crippen LogP contribution in [0.2, 0.25) is 0 Å². The highest BCUT2D eigenvalue weighted by atomic mass is 16.5. The van der Waals surface area contributed by atoms with Gasteiger partial charge < -0.3 is 15.1 Å². The minimum absolute atomic E-state index is 0.350. The van der Waals surface area contributed by atoms with Gasteiger partial charge >= 0.3 is 0 Å². The maximum atomic E-state index is 9.17. The van der Waals surface area contributed by atoms with Crippen LogP contribution in [0.15, 0.2) is 23.4 Å². The average Bonchev–Trinajstić information content (AvgIpc) is 2.37. The van der Waals surface area contributed by atoms with Gasteiger partial charge in [-0.25, -0.2) is 0 Å². The zero-order chi connectivity index (χ0) is 13.0. The van der Waals surface area contributed by atoms with Crippen LogP contribution in [-0.2, 0) is 6.42 Å². The van der Waals surface area contributed by atoms with Crippen LogP contribution >= 0.6 is 0 Å². The number of rotatable bonds is 4. The van der Waals surface area contributed by atoms with Gasteiger partial charge in [0.15, 0.2) is 0 Å². The number of fused-ring (bicyclic) bond motifs is 1. The number of oxime groups is 1. The van der Waals surface area contributed by atoms with Crippen molar-refractivity contribution in [3.63, 3.8) is 0 Å². The third kappa shape index (κ3) is 3.01. The average molecular weight is 249 g/mol. The number of aryl methyl sites for hydroxylation is 1. The van der Waals surface area contributed by atoms with Crippen molar-refractivity contribution >= 4 is 5.71 Å². The number of aliphatic hydroxyl groups is 1. The number of hydrogen-bond donors (Lipinski definition) is 2. The number of ether oxygens (including phenoxy) is 1. The fourth-order valence-corrected chi connectivity index (χ4v) is 2.16. The van der Waals surface area contributed by atoms with E-state index in [-0.39, 0.29) is 6.10 Å². The Labute approximate surface area is 107 Å². The molecule has 1 aromatic carbocycles. The highest BCUT2D eigenvalue weighted by Gasteiger charge is 2.16. The third-order valence-electron chi connectivity index (χ3n) is 3.18. The van der Waals surface area contributed by atoms with E-state index in [0.717, 1.165) is 36.3 Å². The quantitative estimate of drug-likeness (QED) is 0.636. The van der Waals surface area contributed by atoms with Crippen LogP contribution in [0.4, 0.5) is 0 Å². The molecule has 0 fully saturated rings. The Kier molecular flexibility index (Phi) is 4.20. The predicted molar refractivity (Wildman–Crippen MR) is 69.5 cm³/mol. The summed E-state index contributed by atoms with van der Waals surface area (Å²) < 4.78 is 5.58. The summed E-state index contributed by atoms with van der Waals surface area (Å²) >= 11 is 0. The van der Waals surface area contributed by atoms with Crippen molar-refractivity contribution in [3.8, 4) is 5.75 Å². The molecule has 98 valence electrons. The molecule has 0 spiro atoms. The first-order valence-corrected chi connectivity index (χ1v) is 6.36. The lowest BCUT2D eigenvalue weighted by Gasteiger charge is -2.18. The molecule has 1 aliphatic rings. The van der Waals surface area contributed by atoms with E-state index < -0.39 is 0 Å². The molecule has 0 saturated heterocycles. The van der Waals surface area contributed by atoms with Crippen LogP contribution in [0.5, 0.6) is 5.75 Å². The molecular weight excluding hydrogens is 230 g/mol. The molecule has 1 aliphatic carbocycles. The van der Waals surface area contributed by atoms with Crippen LogP contribution in [0.25, 0.3) is 0 Å². The number of nitrogens with zero attached hydrogens (tertiary/aromatic N) is 1. The Hall–Kier alpha value is -1.55. The zero-order valence-corrected chi connectivity index (χ0v) is 10.6. The molecule has 18 heavy (non-hydrogen) atoms. The van der Waals surface area contributed by atoms with Crippen molar-refractivity contribution in [2.24, 2.45) is 5.16 Å². The summed E-state index contributed by atoms with van der Waals surface area (Å²) in [4.78, 5) is 0. The molecule has 0 radical (unpaired) electrons. The van der Waals surface area contributed by atoms with Gasteiger partial charge in [-0.1, -0.05) is 11.2 Å². The van der Waals surface area contributed by atoms with Crippen LogP contribution in [-0.4, -0.2) is 28.7 Å². The molecular formula is C14H19NO3. The molecule has 2 N–H and O–H groups in total. The summed E-state index contributed by atoms with van der Waals surface area (Å²) in [5, 5.41) is 21.5. The van der Waals surface area contributed by atoms with Gasteiger partial charge in [0.25, 0.3) is 0 Å². The van der Waals surface area contributed by atoms with E-state index >= 15 is 0 Å². The SMILES string of the molecule is CC(O)CCOc1ccc2c(c1)/C(=N\O)CCC2. The topological polar surface area (TPSA) is 62.0 Å². The van der Waals surface area contributed by atoms with Gasteiger partial charge in [-0.2, -0.15) is 0 Å². The van der Waals surface area contributed by atoms with Gasteiger partial charge in [0, 0.05) is 12.0 Å². The van der Waals surface area contributed by atoms with Gasteiger partial charge in [-0.15, -0.1) is 0 Å². The largest absolute Gasteiger partial charge is 0.493 e. The van der Waals surface area contributed by atoms with Crippen LogP contribution < -0.4 is 4.74 Å². The van der Waals surface area contributed by atoms with Crippen molar-refractivity contribution in [1.29, 1.82) is 0 Å². The first kappa shape index (κ1) is 12.9. The molecule has 0 amide bonds. The lowest BCUT2D eigenvalue weighted by molar-refractivity contribution is 0.155. The molecule has 4 heteroatoms. The Bertz CT molecular complexity index is 441. The fraction of sp³-hybridized carbons (Fsp3) is 0.500. The third-order valence-corrected chi connectivity index (χ3v) is 3.18. The van der Waals surface area contributed by atoms with Crippen LogP contribution in [0.1, 0.15) is 37.3 Å². The maximum Gasteiger partial charge on any atom is 0.119 e. The lowest BCUT2D eigenvalue weighted by atomic mass is 9.90.